The minimum absolute atomic E-state index is 0. The summed E-state index contributed by atoms with van der Waals surface area (Å²) in [7, 11) is 2.10. The van der Waals surface area contributed by atoms with E-state index in [0.717, 1.165) is 12.1 Å². The lowest BCUT2D eigenvalue weighted by Crippen LogP contribution is -2.45. The highest BCUT2D eigenvalue weighted by Gasteiger charge is 2.34. The van der Waals surface area contributed by atoms with Crippen molar-refractivity contribution in [3.05, 3.63) is 35.4 Å². The molecule has 0 radical (unpaired) electrons. The van der Waals surface area contributed by atoms with Gasteiger partial charge in [0.05, 0.1) is 13.1 Å². The minimum Gasteiger partial charge on any atom is -0.357 e. The van der Waals surface area contributed by atoms with Gasteiger partial charge in [-0.05, 0) is 45.4 Å². The number of hydrogen-bond donors (Lipinski definition) is 2. The Balaban J connectivity index is 0.00000450. The van der Waals surface area contributed by atoms with Gasteiger partial charge in [0.15, 0.2) is 5.96 Å². The number of alkyl halides is 3. The first kappa shape index (κ1) is 27.0. The van der Waals surface area contributed by atoms with E-state index in [1.807, 2.05) is 19.1 Å². The van der Waals surface area contributed by atoms with Crippen molar-refractivity contribution in [2.24, 2.45) is 4.99 Å². The molecule has 9 heteroatoms. The number of nitrogens with zero attached hydrogens (tertiary/aromatic N) is 3. The van der Waals surface area contributed by atoms with Gasteiger partial charge in [-0.2, -0.15) is 13.2 Å². The summed E-state index contributed by atoms with van der Waals surface area (Å²) in [6.07, 6.45) is -3.48. The number of nitrogens with one attached hydrogen (secondary N) is 2. The molecule has 0 aliphatic carbocycles. The predicted molar refractivity (Wildman–Crippen MR) is 127 cm³/mol. The summed E-state index contributed by atoms with van der Waals surface area (Å²) in [5.41, 5.74) is 2.39. The molecule has 0 aromatic heterocycles. The third-order valence-electron chi connectivity index (χ3n) is 5.19. The molecular weight excluding hydrogens is 506 g/mol. The van der Waals surface area contributed by atoms with Crippen molar-refractivity contribution in [1.82, 2.24) is 20.4 Å². The van der Waals surface area contributed by atoms with Gasteiger partial charge in [-0.25, -0.2) is 4.99 Å². The monoisotopic (exact) mass is 541 g/mol. The molecule has 0 bridgehead atoms. The largest absolute Gasteiger partial charge is 0.401 e. The molecule has 1 aromatic rings. The first-order valence-electron chi connectivity index (χ1n) is 10.3. The Morgan fingerprint density at radius 2 is 1.93 bits per heavy atom. The summed E-state index contributed by atoms with van der Waals surface area (Å²) in [4.78, 5) is 8.42. The number of rotatable bonds is 8. The van der Waals surface area contributed by atoms with E-state index in [9.17, 15) is 13.2 Å². The van der Waals surface area contributed by atoms with Gasteiger partial charge >= 0.3 is 6.18 Å². The quantitative estimate of drug-likeness (QED) is 0.299. The van der Waals surface area contributed by atoms with Gasteiger partial charge in [-0.1, -0.05) is 24.3 Å². The molecule has 1 heterocycles. The molecule has 0 saturated carbocycles. The van der Waals surface area contributed by atoms with E-state index in [-0.39, 0.29) is 30.0 Å². The zero-order chi connectivity index (χ0) is 21.4. The fraction of sp³-hybridized carbons (Fsp3) is 0.667. The van der Waals surface area contributed by atoms with Crippen LogP contribution in [0.1, 0.15) is 38.3 Å². The van der Waals surface area contributed by atoms with Crippen LogP contribution in [-0.2, 0) is 13.1 Å². The topological polar surface area (TPSA) is 42.9 Å². The molecule has 2 rings (SSSR count). The van der Waals surface area contributed by atoms with E-state index in [4.69, 9.17) is 4.99 Å². The van der Waals surface area contributed by atoms with E-state index >= 15 is 0 Å². The molecule has 1 unspecified atom stereocenters. The highest BCUT2D eigenvalue weighted by Crippen LogP contribution is 2.20. The smallest absolute Gasteiger partial charge is 0.357 e. The fourth-order valence-corrected chi connectivity index (χ4v) is 3.34. The van der Waals surface area contributed by atoms with Gasteiger partial charge < -0.3 is 10.6 Å². The van der Waals surface area contributed by atoms with Crippen LogP contribution in [0.25, 0.3) is 0 Å². The molecule has 5 nitrogen and oxygen atoms in total. The van der Waals surface area contributed by atoms with Crippen LogP contribution in [0.5, 0.6) is 0 Å². The van der Waals surface area contributed by atoms with Crippen LogP contribution in [0.3, 0.4) is 0 Å². The first-order chi connectivity index (χ1) is 13.7. The van der Waals surface area contributed by atoms with Crippen molar-refractivity contribution in [3.63, 3.8) is 0 Å². The van der Waals surface area contributed by atoms with Gasteiger partial charge in [0.1, 0.15) is 0 Å². The van der Waals surface area contributed by atoms with Gasteiger partial charge in [0.25, 0.3) is 0 Å². The van der Waals surface area contributed by atoms with E-state index in [0.29, 0.717) is 44.6 Å². The third-order valence-corrected chi connectivity index (χ3v) is 5.19. The molecule has 172 valence electrons. The van der Waals surface area contributed by atoms with Crippen molar-refractivity contribution in [2.75, 3.05) is 33.2 Å². The summed E-state index contributed by atoms with van der Waals surface area (Å²) < 4.78 is 37.8. The predicted octanol–water partition coefficient (Wildman–Crippen LogP) is 3.84. The first-order valence-corrected chi connectivity index (χ1v) is 10.3. The normalized spacial score (nSPS) is 18.0. The Labute approximate surface area is 195 Å². The Hall–Kier alpha value is -1.07. The summed E-state index contributed by atoms with van der Waals surface area (Å²) in [5, 5.41) is 6.51. The number of hydrogen-bond acceptors (Lipinski definition) is 3. The van der Waals surface area contributed by atoms with Crippen LogP contribution >= 0.6 is 24.0 Å². The van der Waals surface area contributed by atoms with E-state index in [2.05, 4.69) is 48.6 Å². The van der Waals surface area contributed by atoms with Crippen molar-refractivity contribution in [3.8, 4) is 0 Å². The molecular formula is C21H35F3IN5. The number of benzene rings is 1. The molecule has 1 aliphatic heterocycles. The minimum atomic E-state index is -4.15. The Bertz CT molecular complexity index is 666. The third kappa shape index (κ3) is 9.38. The number of aliphatic imine (C=N–C) groups is 1. The van der Waals surface area contributed by atoms with Gasteiger partial charge in [-0.3, -0.25) is 9.80 Å². The summed E-state index contributed by atoms with van der Waals surface area (Å²) in [6.45, 7) is 8.35. The maximum absolute atomic E-state index is 12.6. The standard InChI is InChI=1S/C21H34F3N5.HI/c1-5-25-20(27-19-10-11-29(14-19)15-21(22,23)24)26-12-17-8-6-7-9-18(17)13-28(4)16(2)3;/h6-9,16,19H,5,10-15H2,1-4H3,(H2,25,26,27);1H. The SMILES string of the molecule is CCNC(=NCc1ccccc1CN(C)C(C)C)NC1CCN(CC(F)(F)F)C1.I. The number of halogens is 4. The zero-order valence-electron chi connectivity index (χ0n) is 18.3. The van der Waals surface area contributed by atoms with Crippen molar-refractivity contribution in [2.45, 2.75) is 58.5 Å². The van der Waals surface area contributed by atoms with E-state index in [1.54, 1.807) is 0 Å². The molecule has 1 saturated heterocycles. The van der Waals surface area contributed by atoms with Gasteiger partial charge in [-0.15, -0.1) is 24.0 Å². The molecule has 1 aliphatic rings. The lowest BCUT2D eigenvalue weighted by Gasteiger charge is -2.22. The van der Waals surface area contributed by atoms with Crippen LogP contribution in [0, 0.1) is 0 Å². The van der Waals surface area contributed by atoms with Gasteiger partial charge in [0.2, 0.25) is 0 Å². The van der Waals surface area contributed by atoms with Crippen LogP contribution < -0.4 is 10.6 Å². The van der Waals surface area contributed by atoms with Crippen molar-refractivity contribution >= 4 is 29.9 Å². The Morgan fingerprint density at radius 1 is 1.27 bits per heavy atom. The number of guanidine groups is 1. The molecule has 1 aromatic carbocycles. The van der Waals surface area contributed by atoms with Crippen LogP contribution in [0.2, 0.25) is 0 Å². The molecule has 30 heavy (non-hydrogen) atoms. The van der Waals surface area contributed by atoms with Crippen molar-refractivity contribution in [1.29, 1.82) is 0 Å². The summed E-state index contributed by atoms with van der Waals surface area (Å²) >= 11 is 0. The molecule has 1 fully saturated rings. The van der Waals surface area contributed by atoms with E-state index < -0.39 is 12.7 Å². The highest BCUT2D eigenvalue weighted by molar-refractivity contribution is 14.0. The van der Waals surface area contributed by atoms with Crippen LogP contribution in [0.4, 0.5) is 13.2 Å². The van der Waals surface area contributed by atoms with Crippen LogP contribution in [-0.4, -0.2) is 67.2 Å². The highest BCUT2D eigenvalue weighted by atomic mass is 127. The van der Waals surface area contributed by atoms with Gasteiger partial charge in [0, 0.05) is 38.3 Å². The molecule has 0 amide bonds. The average Bonchev–Trinajstić information content (AvgIpc) is 3.05. The average molecular weight is 541 g/mol. The zero-order valence-corrected chi connectivity index (χ0v) is 20.6. The lowest BCUT2D eigenvalue weighted by atomic mass is 10.1. The lowest BCUT2D eigenvalue weighted by molar-refractivity contribution is -0.143. The maximum Gasteiger partial charge on any atom is 0.401 e. The number of likely N-dealkylation sites (tertiary alicyclic amines) is 1. The molecule has 0 spiro atoms. The summed E-state index contributed by atoms with van der Waals surface area (Å²) in [5.74, 6) is 0.651. The summed E-state index contributed by atoms with van der Waals surface area (Å²) in [6, 6.07) is 8.67. The Kier molecular flexibility index (Phi) is 11.4. The second kappa shape index (κ2) is 12.7. The molecule has 1 atom stereocenters. The fourth-order valence-electron chi connectivity index (χ4n) is 3.34. The van der Waals surface area contributed by atoms with Crippen LogP contribution in [0.15, 0.2) is 29.3 Å². The van der Waals surface area contributed by atoms with E-state index in [1.165, 1.54) is 10.5 Å². The second-order valence-corrected chi connectivity index (χ2v) is 7.95. The van der Waals surface area contributed by atoms with Crippen molar-refractivity contribution < 1.29 is 13.2 Å². The molecule has 2 N–H and O–H groups in total. The Morgan fingerprint density at radius 3 is 2.53 bits per heavy atom. The maximum atomic E-state index is 12.6. The second-order valence-electron chi connectivity index (χ2n) is 7.95.